The first kappa shape index (κ1) is 10.9. The molecule has 0 bridgehead atoms. The molecule has 13 heavy (non-hydrogen) atoms. The Kier molecular flexibility index (Phi) is 4.66. The van der Waals surface area contributed by atoms with E-state index in [1.807, 2.05) is 0 Å². The van der Waals surface area contributed by atoms with Crippen LogP contribution in [0.3, 0.4) is 0 Å². The van der Waals surface area contributed by atoms with E-state index in [1.165, 1.54) is 0 Å². The predicted molar refractivity (Wildman–Crippen MR) is 49.3 cm³/mol. The van der Waals surface area contributed by atoms with Crippen LogP contribution in [0.1, 0.15) is 25.7 Å². The first-order valence-electron chi connectivity index (χ1n) is 4.88. The average Bonchev–Trinajstić information content (AvgIpc) is 2.16. The summed E-state index contributed by atoms with van der Waals surface area (Å²) in [6.07, 6.45) is 3.43. The van der Waals surface area contributed by atoms with Crippen LogP contribution in [0.15, 0.2) is 0 Å². The van der Waals surface area contributed by atoms with Crippen molar-refractivity contribution in [1.82, 2.24) is 0 Å². The van der Waals surface area contributed by atoms with Crippen LogP contribution in [0.25, 0.3) is 0 Å². The second-order valence-corrected chi connectivity index (χ2v) is 3.71. The van der Waals surface area contributed by atoms with Crippen LogP contribution in [0, 0.1) is 0 Å². The lowest BCUT2D eigenvalue weighted by atomic mass is 9.94. The van der Waals surface area contributed by atoms with Crippen LogP contribution < -0.4 is 5.73 Å². The molecule has 1 aliphatic rings. The van der Waals surface area contributed by atoms with Crippen molar-refractivity contribution in [3.8, 4) is 0 Å². The van der Waals surface area contributed by atoms with Gasteiger partial charge in [-0.05, 0) is 25.7 Å². The molecule has 0 aliphatic heterocycles. The molecule has 0 spiro atoms. The van der Waals surface area contributed by atoms with E-state index in [-0.39, 0.29) is 19.3 Å². The van der Waals surface area contributed by atoms with Gasteiger partial charge in [-0.25, -0.2) is 0 Å². The molecule has 0 aromatic carbocycles. The van der Waals surface area contributed by atoms with E-state index >= 15 is 0 Å². The summed E-state index contributed by atoms with van der Waals surface area (Å²) in [5.41, 5.74) is 5.73. The summed E-state index contributed by atoms with van der Waals surface area (Å²) >= 11 is 0. The smallest absolute Gasteiger partial charge is 0.100 e. The molecule has 4 N–H and O–H groups in total. The van der Waals surface area contributed by atoms with Gasteiger partial charge < -0.3 is 20.7 Å². The normalized spacial score (nSPS) is 31.6. The molecule has 0 aromatic heterocycles. The zero-order valence-electron chi connectivity index (χ0n) is 7.85. The first-order valence-corrected chi connectivity index (χ1v) is 4.88. The second-order valence-electron chi connectivity index (χ2n) is 3.71. The maximum Gasteiger partial charge on any atom is 0.100 e. The molecule has 0 amide bonds. The monoisotopic (exact) mass is 189 g/mol. The quantitative estimate of drug-likeness (QED) is 0.564. The molecule has 0 radical (unpaired) electrons. The predicted octanol–water partition coefficient (Wildman–Crippen LogP) is -0.374. The Morgan fingerprint density at radius 1 is 1.31 bits per heavy atom. The standard InChI is InChI=1S/C9H19NO3/c10-7-1-3-9(4-2-7)13-6-8(12)5-11/h7-9,11-12H,1-6,10H2. The lowest BCUT2D eigenvalue weighted by Crippen LogP contribution is -2.32. The SMILES string of the molecule is NC1CCC(OCC(O)CO)CC1. The van der Waals surface area contributed by atoms with Crippen molar-refractivity contribution in [2.75, 3.05) is 13.2 Å². The molecule has 0 heterocycles. The fraction of sp³-hybridized carbons (Fsp3) is 1.00. The van der Waals surface area contributed by atoms with E-state index < -0.39 is 6.10 Å². The third-order valence-electron chi connectivity index (χ3n) is 2.45. The topological polar surface area (TPSA) is 75.7 Å². The van der Waals surface area contributed by atoms with E-state index in [0.717, 1.165) is 25.7 Å². The summed E-state index contributed by atoms with van der Waals surface area (Å²) < 4.78 is 5.42. The lowest BCUT2D eigenvalue weighted by Gasteiger charge is -2.26. The fourth-order valence-corrected chi connectivity index (χ4v) is 1.56. The molecule has 1 saturated carbocycles. The van der Waals surface area contributed by atoms with Gasteiger partial charge in [0.25, 0.3) is 0 Å². The molecule has 1 atom stereocenters. The minimum atomic E-state index is -0.740. The van der Waals surface area contributed by atoms with Gasteiger partial charge in [0.1, 0.15) is 6.10 Å². The van der Waals surface area contributed by atoms with Gasteiger partial charge in [-0.15, -0.1) is 0 Å². The van der Waals surface area contributed by atoms with E-state index in [0.29, 0.717) is 6.04 Å². The number of ether oxygens (including phenoxy) is 1. The van der Waals surface area contributed by atoms with Crippen molar-refractivity contribution in [1.29, 1.82) is 0 Å². The van der Waals surface area contributed by atoms with Crippen molar-refractivity contribution in [2.45, 2.75) is 43.9 Å². The van der Waals surface area contributed by atoms with Gasteiger partial charge >= 0.3 is 0 Å². The Balaban J connectivity index is 2.08. The molecule has 0 aromatic rings. The van der Waals surface area contributed by atoms with E-state index in [1.54, 1.807) is 0 Å². The van der Waals surface area contributed by atoms with E-state index in [9.17, 15) is 0 Å². The van der Waals surface area contributed by atoms with Crippen molar-refractivity contribution >= 4 is 0 Å². The largest absolute Gasteiger partial charge is 0.394 e. The molecule has 78 valence electrons. The fourth-order valence-electron chi connectivity index (χ4n) is 1.56. The van der Waals surface area contributed by atoms with Crippen LogP contribution in [-0.2, 0) is 4.74 Å². The van der Waals surface area contributed by atoms with Crippen molar-refractivity contribution < 1.29 is 14.9 Å². The highest BCUT2D eigenvalue weighted by molar-refractivity contribution is 4.74. The molecule has 4 heteroatoms. The van der Waals surface area contributed by atoms with Crippen LogP contribution in [0.4, 0.5) is 0 Å². The summed E-state index contributed by atoms with van der Waals surface area (Å²) in [5, 5.41) is 17.6. The van der Waals surface area contributed by atoms with Gasteiger partial charge in [0.2, 0.25) is 0 Å². The van der Waals surface area contributed by atoms with Crippen LogP contribution in [0.5, 0.6) is 0 Å². The number of aliphatic hydroxyl groups excluding tert-OH is 2. The van der Waals surface area contributed by atoms with Crippen LogP contribution in [0.2, 0.25) is 0 Å². The highest BCUT2D eigenvalue weighted by Gasteiger charge is 2.19. The maximum atomic E-state index is 9.04. The maximum absolute atomic E-state index is 9.04. The molecular weight excluding hydrogens is 170 g/mol. The van der Waals surface area contributed by atoms with Crippen molar-refractivity contribution in [3.63, 3.8) is 0 Å². The number of nitrogens with two attached hydrogens (primary N) is 1. The Bertz CT molecular complexity index is 135. The Morgan fingerprint density at radius 3 is 2.46 bits per heavy atom. The highest BCUT2D eigenvalue weighted by Crippen LogP contribution is 2.19. The lowest BCUT2D eigenvalue weighted by molar-refractivity contribution is -0.0409. The number of hydrogen-bond donors (Lipinski definition) is 3. The number of rotatable bonds is 4. The third kappa shape index (κ3) is 4.04. The minimum absolute atomic E-state index is 0.223. The third-order valence-corrected chi connectivity index (χ3v) is 2.45. The highest BCUT2D eigenvalue weighted by atomic mass is 16.5. The van der Waals surface area contributed by atoms with Crippen molar-refractivity contribution in [3.05, 3.63) is 0 Å². The molecule has 1 aliphatic carbocycles. The van der Waals surface area contributed by atoms with E-state index in [4.69, 9.17) is 20.7 Å². The zero-order chi connectivity index (χ0) is 9.68. The number of aliphatic hydroxyl groups is 2. The molecule has 1 unspecified atom stereocenters. The summed E-state index contributed by atoms with van der Waals surface area (Å²) in [7, 11) is 0. The molecule has 1 rings (SSSR count). The van der Waals surface area contributed by atoms with E-state index in [2.05, 4.69) is 0 Å². The van der Waals surface area contributed by atoms with Gasteiger partial charge in [-0.3, -0.25) is 0 Å². The van der Waals surface area contributed by atoms with Crippen LogP contribution >= 0.6 is 0 Å². The summed E-state index contributed by atoms with van der Waals surface area (Å²) in [4.78, 5) is 0. The van der Waals surface area contributed by atoms with Gasteiger partial charge in [0.15, 0.2) is 0 Å². The Hall–Kier alpha value is -0.160. The average molecular weight is 189 g/mol. The first-order chi connectivity index (χ1) is 6.22. The molecule has 0 saturated heterocycles. The van der Waals surface area contributed by atoms with Gasteiger partial charge in [0, 0.05) is 6.04 Å². The minimum Gasteiger partial charge on any atom is -0.394 e. The Labute approximate surface area is 78.7 Å². The number of hydrogen-bond acceptors (Lipinski definition) is 4. The van der Waals surface area contributed by atoms with Gasteiger partial charge in [-0.2, -0.15) is 0 Å². The molecule has 1 fully saturated rings. The van der Waals surface area contributed by atoms with Crippen molar-refractivity contribution in [2.24, 2.45) is 5.73 Å². The summed E-state index contributed by atoms with van der Waals surface area (Å²) in [6, 6.07) is 0.322. The molecular formula is C9H19NO3. The van der Waals surface area contributed by atoms with Gasteiger partial charge in [-0.1, -0.05) is 0 Å². The van der Waals surface area contributed by atoms with Crippen LogP contribution in [-0.4, -0.2) is 41.7 Å². The second kappa shape index (κ2) is 5.54. The summed E-state index contributed by atoms with van der Waals surface area (Å²) in [6.45, 7) is 0.00262. The van der Waals surface area contributed by atoms with Gasteiger partial charge in [0.05, 0.1) is 19.3 Å². The summed E-state index contributed by atoms with van der Waals surface area (Å²) in [5.74, 6) is 0. The Morgan fingerprint density at radius 2 is 1.92 bits per heavy atom. The zero-order valence-corrected chi connectivity index (χ0v) is 7.85. The molecule has 4 nitrogen and oxygen atoms in total.